The van der Waals surface area contributed by atoms with Crippen LogP contribution in [0.15, 0.2) is 24.3 Å². The number of nitriles is 1. The van der Waals surface area contributed by atoms with E-state index in [0.29, 0.717) is 6.42 Å². The number of nitrogens with zero attached hydrogens (tertiary/aromatic N) is 2. The molecule has 90 valence electrons. The molecule has 2 rings (SSSR count). The highest BCUT2D eigenvalue weighted by atomic mass is 16.5. The van der Waals surface area contributed by atoms with Gasteiger partial charge in [0, 0.05) is 37.2 Å². The maximum Gasteiger partial charge on any atom is 0.120 e. The van der Waals surface area contributed by atoms with E-state index >= 15 is 0 Å². The molecular formula is C14H18N2O. The van der Waals surface area contributed by atoms with Gasteiger partial charge >= 0.3 is 0 Å². The Kier molecular flexibility index (Phi) is 3.23. The zero-order valence-electron chi connectivity index (χ0n) is 10.4. The molecule has 0 atom stereocenters. The molecule has 1 saturated carbocycles. The molecule has 0 radical (unpaired) electrons. The standard InChI is InChI=1S/C14H18N2O/c1-16(11-14(6-7-14)8-9-15)12-4-3-5-13(10-12)17-2/h3-5,10H,6-8,11H2,1-2H3. The molecule has 0 aromatic heterocycles. The Bertz CT molecular complexity index is 432. The van der Waals surface area contributed by atoms with Gasteiger partial charge in [0.15, 0.2) is 0 Å². The first-order valence-corrected chi connectivity index (χ1v) is 5.91. The molecule has 1 aliphatic rings. The van der Waals surface area contributed by atoms with Crippen LogP contribution >= 0.6 is 0 Å². The maximum atomic E-state index is 8.82. The molecule has 0 saturated heterocycles. The van der Waals surface area contributed by atoms with Crippen molar-refractivity contribution in [3.05, 3.63) is 24.3 Å². The Morgan fingerprint density at radius 1 is 1.47 bits per heavy atom. The molecule has 1 aliphatic carbocycles. The van der Waals surface area contributed by atoms with Crippen molar-refractivity contribution in [2.45, 2.75) is 19.3 Å². The van der Waals surface area contributed by atoms with Crippen molar-refractivity contribution < 1.29 is 4.74 Å². The van der Waals surface area contributed by atoms with Crippen molar-refractivity contribution in [1.29, 1.82) is 5.26 Å². The van der Waals surface area contributed by atoms with Gasteiger partial charge in [-0.05, 0) is 25.0 Å². The third kappa shape index (κ3) is 2.71. The Morgan fingerprint density at radius 2 is 2.24 bits per heavy atom. The minimum atomic E-state index is 0.243. The van der Waals surface area contributed by atoms with Crippen LogP contribution in [0.2, 0.25) is 0 Å². The number of benzene rings is 1. The second-order valence-corrected chi connectivity index (χ2v) is 4.89. The van der Waals surface area contributed by atoms with Crippen LogP contribution in [0.25, 0.3) is 0 Å². The molecule has 3 heteroatoms. The molecule has 0 heterocycles. The Hall–Kier alpha value is -1.69. The van der Waals surface area contributed by atoms with Gasteiger partial charge in [-0.3, -0.25) is 0 Å². The predicted octanol–water partition coefficient (Wildman–Crippen LogP) is 2.83. The van der Waals surface area contributed by atoms with Crippen LogP contribution in [0.5, 0.6) is 5.75 Å². The largest absolute Gasteiger partial charge is 0.497 e. The van der Waals surface area contributed by atoms with Crippen molar-refractivity contribution in [2.75, 3.05) is 25.6 Å². The number of methoxy groups -OCH3 is 1. The zero-order chi connectivity index (χ0) is 12.3. The molecule has 0 amide bonds. The monoisotopic (exact) mass is 230 g/mol. The fraction of sp³-hybridized carbons (Fsp3) is 0.500. The van der Waals surface area contributed by atoms with Crippen LogP contribution in [0.4, 0.5) is 5.69 Å². The van der Waals surface area contributed by atoms with Crippen molar-refractivity contribution in [3.8, 4) is 11.8 Å². The fourth-order valence-electron chi connectivity index (χ4n) is 2.18. The van der Waals surface area contributed by atoms with Gasteiger partial charge < -0.3 is 9.64 Å². The summed E-state index contributed by atoms with van der Waals surface area (Å²) in [5.41, 5.74) is 1.39. The summed E-state index contributed by atoms with van der Waals surface area (Å²) in [6, 6.07) is 10.3. The van der Waals surface area contributed by atoms with Gasteiger partial charge in [0.05, 0.1) is 13.2 Å². The summed E-state index contributed by atoms with van der Waals surface area (Å²) in [7, 11) is 3.75. The van der Waals surface area contributed by atoms with E-state index in [9.17, 15) is 0 Å². The predicted molar refractivity (Wildman–Crippen MR) is 68.2 cm³/mol. The van der Waals surface area contributed by atoms with Crippen LogP contribution in [-0.2, 0) is 0 Å². The van der Waals surface area contributed by atoms with Crippen molar-refractivity contribution in [3.63, 3.8) is 0 Å². The lowest BCUT2D eigenvalue weighted by Crippen LogP contribution is -2.26. The fourth-order valence-corrected chi connectivity index (χ4v) is 2.18. The number of anilines is 1. The number of rotatable bonds is 5. The molecule has 0 spiro atoms. The SMILES string of the molecule is COc1cccc(N(C)CC2(CC#N)CC2)c1. The van der Waals surface area contributed by atoms with Gasteiger partial charge in [0.1, 0.15) is 5.75 Å². The molecule has 1 aromatic rings. The first-order chi connectivity index (χ1) is 8.19. The second kappa shape index (κ2) is 4.67. The first-order valence-electron chi connectivity index (χ1n) is 5.91. The summed E-state index contributed by atoms with van der Waals surface area (Å²) in [5.74, 6) is 0.875. The van der Waals surface area contributed by atoms with Crippen LogP contribution in [0.1, 0.15) is 19.3 Å². The summed E-state index contributed by atoms with van der Waals surface area (Å²) >= 11 is 0. The summed E-state index contributed by atoms with van der Waals surface area (Å²) in [6.45, 7) is 0.952. The van der Waals surface area contributed by atoms with Crippen LogP contribution < -0.4 is 9.64 Å². The minimum Gasteiger partial charge on any atom is -0.497 e. The van der Waals surface area contributed by atoms with E-state index in [4.69, 9.17) is 10.00 Å². The quantitative estimate of drug-likeness (QED) is 0.780. The Labute approximate surface area is 103 Å². The van der Waals surface area contributed by atoms with Gasteiger partial charge in [0.25, 0.3) is 0 Å². The summed E-state index contributed by atoms with van der Waals surface area (Å²) in [5, 5.41) is 8.82. The molecule has 1 aromatic carbocycles. The Balaban J connectivity index is 2.04. The van der Waals surface area contributed by atoms with Gasteiger partial charge in [-0.25, -0.2) is 0 Å². The second-order valence-electron chi connectivity index (χ2n) is 4.89. The highest BCUT2D eigenvalue weighted by Gasteiger charge is 2.43. The molecule has 3 nitrogen and oxygen atoms in total. The third-order valence-electron chi connectivity index (χ3n) is 3.48. The van der Waals surface area contributed by atoms with E-state index in [1.807, 2.05) is 18.2 Å². The summed E-state index contributed by atoms with van der Waals surface area (Å²) < 4.78 is 5.22. The Morgan fingerprint density at radius 3 is 2.82 bits per heavy atom. The van der Waals surface area contributed by atoms with Crippen molar-refractivity contribution in [2.24, 2.45) is 5.41 Å². The first kappa shape index (κ1) is 11.8. The lowest BCUT2D eigenvalue weighted by atomic mass is 10.0. The maximum absolute atomic E-state index is 8.82. The summed E-state index contributed by atoms with van der Waals surface area (Å²) in [6.07, 6.45) is 3.02. The molecule has 17 heavy (non-hydrogen) atoms. The van der Waals surface area contributed by atoms with E-state index in [2.05, 4.69) is 24.1 Å². The van der Waals surface area contributed by atoms with Crippen molar-refractivity contribution >= 4 is 5.69 Å². The number of ether oxygens (including phenoxy) is 1. The highest BCUT2D eigenvalue weighted by molar-refractivity contribution is 5.50. The van der Waals surface area contributed by atoms with E-state index in [0.717, 1.165) is 18.0 Å². The highest BCUT2D eigenvalue weighted by Crippen LogP contribution is 2.49. The smallest absolute Gasteiger partial charge is 0.120 e. The zero-order valence-corrected chi connectivity index (χ0v) is 10.4. The lowest BCUT2D eigenvalue weighted by molar-refractivity contribution is 0.414. The average Bonchev–Trinajstić information content (AvgIpc) is 3.09. The third-order valence-corrected chi connectivity index (χ3v) is 3.48. The van der Waals surface area contributed by atoms with Crippen LogP contribution in [-0.4, -0.2) is 20.7 Å². The van der Waals surface area contributed by atoms with E-state index in [-0.39, 0.29) is 5.41 Å². The summed E-state index contributed by atoms with van der Waals surface area (Å²) in [4.78, 5) is 2.22. The minimum absolute atomic E-state index is 0.243. The average molecular weight is 230 g/mol. The van der Waals surface area contributed by atoms with Crippen LogP contribution in [0.3, 0.4) is 0 Å². The van der Waals surface area contributed by atoms with Gasteiger partial charge in [0.2, 0.25) is 0 Å². The van der Waals surface area contributed by atoms with Crippen molar-refractivity contribution in [1.82, 2.24) is 0 Å². The molecule has 0 unspecified atom stereocenters. The van der Waals surface area contributed by atoms with E-state index in [1.165, 1.54) is 12.8 Å². The molecular weight excluding hydrogens is 212 g/mol. The number of hydrogen-bond donors (Lipinski definition) is 0. The van der Waals surface area contributed by atoms with Gasteiger partial charge in [-0.2, -0.15) is 5.26 Å². The van der Waals surface area contributed by atoms with E-state index < -0.39 is 0 Å². The normalized spacial score (nSPS) is 16.1. The van der Waals surface area contributed by atoms with Crippen LogP contribution in [0, 0.1) is 16.7 Å². The topological polar surface area (TPSA) is 36.3 Å². The van der Waals surface area contributed by atoms with Gasteiger partial charge in [-0.1, -0.05) is 6.07 Å². The molecule has 0 bridgehead atoms. The molecule has 0 aliphatic heterocycles. The molecule has 1 fully saturated rings. The van der Waals surface area contributed by atoms with Gasteiger partial charge in [-0.15, -0.1) is 0 Å². The van der Waals surface area contributed by atoms with E-state index in [1.54, 1.807) is 7.11 Å². The lowest BCUT2D eigenvalue weighted by Gasteiger charge is -2.24. The molecule has 0 N–H and O–H groups in total. The number of hydrogen-bond acceptors (Lipinski definition) is 3.